The lowest BCUT2D eigenvalue weighted by molar-refractivity contribution is 0.102. The average molecular weight is 364 g/mol. The predicted molar refractivity (Wildman–Crippen MR) is 104 cm³/mol. The van der Waals surface area contributed by atoms with Gasteiger partial charge in [0.05, 0.1) is 18.0 Å². The number of benzene rings is 1. The number of nitrogens with one attached hydrogen (secondary N) is 2. The molecule has 0 radical (unpaired) electrons. The molecule has 1 atom stereocenters. The van der Waals surface area contributed by atoms with Gasteiger partial charge < -0.3 is 21.5 Å². The van der Waals surface area contributed by atoms with Crippen molar-refractivity contribution in [2.24, 2.45) is 0 Å². The Labute approximate surface area is 156 Å². The topological polar surface area (TPSA) is 126 Å². The highest BCUT2D eigenvalue weighted by Crippen LogP contribution is 2.20. The Bertz CT molecular complexity index is 915. The number of amides is 1. The van der Waals surface area contributed by atoms with Crippen molar-refractivity contribution in [3.63, 3.8) is 0 Å². The molecule has 0 fully saturated rings. The van der Waals surface area contributed by atoms with Crippen molar-refractivity contribution >= 4 is 23.4 Å². The lowest BCUT2D eigenvalue weighted by Crippen LogP contribution is -2.22. The zero-order valence-corrected chi connectivity index (χ0v) is 14.8. The number of nitrogens with zero attached hydrogens (tertiary/aromatic N) is 3. The van der Waals surface area contributed by atoms with Crippen LogP contribution in [0.5, 0.6) is 0 Å². The summed E-state index contributed by atoms with van der Waals surface area (Å²) in [6.07, 6.45) is 1.66. The van der Waals surface area contributed by atoms with Gasteiger partial charge >= 0.3 is 0 Å². The fraction of sp³-hybridized carbons (Fsp3) is 0.158. The molecule has 0 saturated carbocycles. The van der Waals surface area contributed by atoms with E-state index in [-0.39, 0.29) is 24.5 Å². The molecule has 8 nitrogen and oxygen atoms in total. The highest BCUT2D eigenvalue weighted by Gasteiger charge is 2.12. The Morgan fingerprint density at radius 2 is 1.93 bits per heavy atom. The number of pyridine rings is 1. The Morgan fingerprint density at radius 3 is 2.59 bits per heavy atom. The van der Waals surface area contributed by atoms with E-state index in [1.54, 1.807) is 43.5 Å². The normalized spacial score (nSPS) is 11.6. The van der Waals surface area contributed by atoms with Crippen molar-refractivity contribution < 1.29 is 9.90 Å². The minimum atomic E-state index is -0.318. The maximum atomic E-state index is 12.5. The summed E-state index contributed by atoms with van der Waals surface area (Å²) in [4.78, 5) is 25.5. The van der Waals surface area contributed by atoms with Crippen LogP contribution in [0.25, 0.3) is 11.4 Å². The van der Waals surface area contributed by atoms with Gasteiger partial charge in [0.2, 0.25) is 5.95 Å². The van der Waals surface area contributed by atoms with Gasteiger partial charge in [-0.05, 0) is 43.3 Å². The number of nitrogens with two attached hydrogens (primary N) is 1. The number of anilines is 3. The number of carbonyl (C=O) groups excluding carboxylic acids is 1. The van der Waals surface area contributed by atoms with Crippen molar-refractivity contribution in [3.8, 4) is 11.4 Å². The highest BCUT2D eigenvalue weighted by molar-refractivity contribution is 6.04. The van der Waals surface area contributed by atoms with E-state index < -0.39 is 0 Å². The Hall–Kier alpha value is -3.52. The van der Waals surface area contributed by atoms with Crippen LogP contribution in [0.1, 0.15) is 17.3 Å². The molecule has 8 heteroatoms. The molecule has 0 spiro atoms. The van der Waals surface area contributed by atoms with Crippen molar-refractivity contribution in [2.75, 3.05) is 23.0 Å². The molecular weight excluding hydrogens is 344 g/mol. The van der Waals surface area contributed by atoms with Crippen molar-refractivity contribution in [3.05, 3.63) is 60.3 Å². The molecule has 1 aromatic carbocycles. The summed E-state index contributed by atoms with van der Waals surface area (Å²) in [5.74, 6) is 0.286. The fourth-order valence-electron chi connectivity index (χ4n) is 2.31. The summed E-state index contributed by atoms with van der Waals surface area (Å²) in [5.41, 5.74) is 7.88. The van der Waals surface area contributed by atoms with Gasteiger partial charge in [0.1, 0.15) is 5.82 Å². The van der Waals surface area contributed by atoms with E-state index >= 15 is 0 Å². The molecule has 0 aliphatic carbocycles. The van der Waals surface area contributed by atoms with Crippen LogP contribution in [0.4, 0.5) is 17.5 Å². The first kappa shape index (κ1) is 18.3. The second-order valence-corrected chi connectivity index (χ2v) is 5.98. The molecule has 3 aromatic rings. The largest absolute Gasteiger partial charge is 0.399 e. The van der Waals surface area contributed by atoms with E-state index in [0.717, 1.165) is 0 Å². The number of hydrogen-bond donors (Lipinski definition) is 4. The first-order valence-electron chi connectivity index (χ1n) is 8.40. The molecular formula is C19H20N6O2. The van der Waals surface area contributed by atoms with E-state index in [1.165, 1.54) is 0 Å². The molecule has 138 valence electrons. The van der Waals surface area contributed by atoms with Gasteiger partial charge in [-0.1, -0.05) is 6.07 Å². The Balaban J connectivity index is 1.91. The van der Waals surface area contributed by atoms with Crippen molar-refractivity contribution in [1.82, 2.24) is 15.0 Å². The number of aliphatic hydroxyl groups is 1. The molecule has 5 N–H and O–H groups in total. The fourth-order valence-corrected chi connectivity index (χ4v) is 2.31. The van der Waals surface area contributed by atoms with Gasteiger partial charge in [-0.25, -0.2) is 4.98 Å². The summed E-state index contributed by atoms with van der Waals surface area (Å²) >= 11 is 0. The number of carbonyl (C=O) groups is 1. The van der Waals surface area contributed by atoms with E-state index in [4.69, 9.17) is 5.73 Å². The quantitative estimate of drug-likeness (QED) is 0.494. The molecule has 1 amide bonds. The zero-order chi connectivity index (χ0) is 19.2. The molecule has 0 unspecified atom stereocenters. The second kappa shape index (κ2) is 8.24. The maximum Gasteiger partial charge on any atom is 0.256 e. The molecule has 0 bridgehead atoms. The van der Waals surface area contributed by atoms with Gasteiger partial charge in [0.25, 0.3) is 5.91 Å². The SMILES string of the molecule is C[C@@H](CO)Nc1nc(NC(=O)c2ccc(N)cc2)cc(-c2ccccn2)n1. The Kier molecular flexibility index (Phi) is 5.58. The molecule has 2 heterocycles. The molecule has 0 aliphatic rings. The van der Waals surface area contributed by atoms with Crippen LogP contribution >= 0.6 is 0 Å². The minimum Gasteiger partial charge on any atom is -0.399 e. The van der Waals surface area contributed by atoms with Crippen LogP contribution in [-0.4, -0.2) is 38.6 Å². The number of aliphatic hydroxyl groups excluding tert-OH is 1. The monoisotopic (exact) mass is 364 g/mol. The molecule has 0 aliphatic heterocycles. The number of hydrogen-bond acceptors (Lipinski definition) is 7. The lowest BCUT2D eigenvalue weighted by Gasteiger charge is -2.13. The standard InChI is InChI=1S/C19H20N6O2/c1-12(11-26)22-19-23-16(15-4-2-3-9-21-15)10-17(25-19)24-18(27)13-5-7-14(20)8-6-13/h2-10,12,26H,11,20H2,1H3,(H2,22,23,24,25,27)/t12-/m0/s1. The molecule has 2 aromatic heterocycles. The molecule has 27 heavy (non-hydrogen) atoms. The number of nitrogen functional groups attached to an aromatic ring is 1. The maximum absolute atomic E-state index is 12.5. The van der Waals surface area contributed by atoms with Crippen molar-refractivity contribution in [2.45, 2.75) is 13.0 Å². The third-order valence-corrected chi connectivity index (χ3v) is 3.72. The highest BCUT2D eigenvalue weighted by atomic mass is 16.3. The van der Waals surface area contributed by atoms with Gasteiger partial charge in [-0.2, -0.15) is 4.98 Å². The number of aromatic nitrogens is 3. The van der Waals surface area contributed by atoms with E-state index in [2.05, 4.69) is 25.6 Å². The Morgan fingerprint density at radius 1 is 1.15 bits per heavy atom. The number of rotatable bonds is 6. The van der Waals surface area contributed by atoms with Crippen LogP contribution in [0.15, 0.2) is 54.7 Å². The van der Waals surface area contributed by atoms with Crippen LogP contribution in [0, 0.1) is 0 Å². The van der Waals surface area contributed by atoms with Gasteiger partial charge in [0.15, 0.2) is 0 Å². The van der Waals surface area contributed by atoms with Crippen LogP contribution in [0.3, 0.4) is 0 Å². The van der Waals surface area contributed by atoms with E-state index in [1.807, 2.05) is 18.2 Å². The minimum absolute atomic E-state index is 0.0791. The third kappa shape index (κ3) is 4.77. The van der Waals surface area contributed by atoms with Crippen LogP contribution in [0.2, 0.25) is 0 Å². The summed E-state index contributed by atoms with van der Waals surface area (Å²) in [6, 6.07) is 13.5. The third-order valence-electron chi connectivity index (χ3n) is 3.72. The van der Waals surface area contributed by atoms with Gasteiger partial charge in [-0.15, -0.1) is 0 Å². The zero-order valence-electron chi connectivity index (χ0n) is 14.8. The van der Waals surface area contributed by atoms with Crippen molar-refractivity contribution in [1.29, 1.82) is 0 Å². The smallest absolute Gasteiger partial charge is 0.256 e. The van der Waals surface area contributed by atoms with E-state index in [9.17, 15) is 9.90 Å². The van der Waals surface area contributed by atoms with Gasteiger partial charge in [-0.3, -0.25) is 9.78 Å². The summed E-state index contributed by atoms with van der Waals surface area (Å²) < 4.78 is 0. The molecule has 3 rings (SSSR count). The summed E-state index contributed by atoms with van der Waals surface area (Å²) in [7, 11) is 0. The van der Waals surface area contributed by atoms with Gasteiger partial charge in [0, 0.05) is 29.6 Å². The van der Waals surface area contributed by atoms with E-state index in [0.29, 0.717) is 28.5 Å². The first-order chi connectivity index (χ1) is 13.0. The van der Waals surface area contributed by atoms with Crippen LogP contribution < -0.4 is 16.4 Å². The summed E-state index contributed by atoms with van der Waals surface area (Å²) in [6.45, 7) is 1.72. The lowest BCUT2D eigenvalue weighted by atomic mass is 10.2. The second-order valence-electron chi connectivity index (χ2n) is 5.98. The van der Waals surface area contributed by atoms with Crippen LogP contribution in [-0.2, 0) is 0 Å². The average Bonchev–Trinajstić information content (AvgIpc) is 2.69. The first-order valence-corrected chi connectivity index (χ1v) is 8.40. The predicted octanol–water partition coefficient (Wildman–Crippen LogP) is 2.17. The molecule has 0 saturated heterocycles. The summed E-state index contributed by atoms with van der Waals surface area (Å²) in [5, 5.41) is 15.0.